The first-order chi connectivity index (χ1) is 8.47. The van der Waals surface area contributed by atoms with Gasteiger partial charge in [-0.1, -0.05) is 6.07 Å². The molecule has 0 radical (unpaired) electrons. The molecule has 0 aliphatic heterocycles. The average molecular weight is 271 g/mol. The van der Waals surface area contributed by atoms with Gasteiger partial charge in [-0.3, -0.25) is 9.88 Å². The summed E-state index contributed by atoms with van der Waals surface area (Å²) in [5.74, 6) is 0.191. The van der Waals surface area contributed by atoms with Gasteiger partial charge >= 0.3 is 0 Å². The fourth-order valence-corrected chi connectivity index (χ4v) is 2.01. The van der Waals surface area contributed by atoms with Crippen molar-refractivity contribution in [1.82, 2.24) is 15.2 Å². The molecule has 1 heterocycles. The molecule has 1 rings (SSSR count). The average Bonchev–Trinajstić information content (AvgIpc) is 2.28. The van der Waals surface area contributed by atoms with Crippen LogP contribution in [0, 0.1) is 0 Å². The predicted molar refractivity (Wildman–Crippen MR) is 73.2 cm³/mol. The van der Waals surface area contributed by atoms with E-state index in [2.05, 4.69) is 15.2 Å². The fourth-order valence-electron chi connectivity index (χ4n) is 1.50. The molecule has 0 aliphatic rings. The van der Waals surface area contributed by atoms with Gasteiger partial charge in [-0.05, 0) is 19.2 Å². The van der Waals surface area contributed by atoms with Gasteiger partial charge in [0.2, 0.25) is 0 Å². The highest BCUT2D eigenvalue weighted by Crippen LogP contribution is 1.97. The molecular formula is C12H21N3O2S. The summed E-state index contributed by atoms with van der Waals surface area (Å²) in [6.07, 6.45) is 3.04. The number of likely N-dealkylation sites (N-methyl/N-ethyl adjacent to an activating group) is 1. The molecule has 0 amide bonds. The number of hydrogen-bond donors (Lipinski definition) is 1. The number of pyridine rings is 1. The van der Waals surface area contributed by atoms with Gasteiger partial charge in [0, 0.05) is 38.6 Å². The van der Waals surface area contributed by atoms with E-state index in [-0.39, 0.29) is 5.75 Å². The van der Waals surface area contributed by atoms with Crippen LogP contribution >= 0.6 is 0 Å². The van der Waals surface area contributed by atoms with Crippen molar-refractivity contribution in [3.05, 3.63) is 30.1 Å². The molecule has 6 heteroatoms. The highest BCUT2D eigenvalue weighted by Gasteiger charge is 2.02. The van der Waals surface area contributed by atoms with Gasteiger partial charge in [0.15, 0.2) is 0 Å². The van der Waals surface area contributed by atoms with Gasteiger partial charge in [0.1, 0.15) is 9.84 Å². The molecule has 0 aromatic carbocycles. The van der Waals surface area contributed by atoms with Crippen molar-refractivity contribution in [2.24, 2.45) is 0 Å². The second kappa shape index (κ2) is 7.45. The molecule has 1 aromatic rings. The van der Waals surface area contributed by atoms with Gasteiger partial charge in [-0.2, -0.15) is 0 Å². The van der Waals surface area contributed by atoms with Crippen LogP contribution in [0.3, 0.4) is 0 Å². The molecule has 0 saturated heterocycles. The van der Waals surface area contributed by atoms with Gasteiger partial charge in [-0.25, -0.2) is 8.42 Å². The van der Waals surface area contributed by atoms with Crippen LogP contribution in [0.5, 0.6) is 0 Å². The molecule has 0 unspecified atom stereocenters. The Labute approximate surface area is 109 Å². The lowest BCUT2D eigenvalue weighted by Gasteiger charge is -2.16. The van der Waals surface area contributed by atoms with E-state index in [0.717, 1.165) is 25.3 Å². The molecule has 18 heavy (non-hydrogen) atoms. The van der Waals surface area contributed by atoms with Crippen LogP contribution in [-0.4, -0.2) is 57.0 Å². The Morgan fingerprint density at radius 3 is 2.72 bits per heavy atom. The van der Waals surface area contributed by atoms with Gasteiger partial charge in [0.05, 0.1) is 11.4 Å². The molecule has 0 bridgehead atoms. The molecule has 102 valence electrons. The second-order valence-corrected chi connectivity index (χ2v) is 6.70. The smallest absolute Gasteiger partial charge is 0.148 e. The lowest BCUT2D eigenvalue weighted by atomic mass is 10.3. The summed E-state index contributed by atoms with van der Waals surface area (Å²) in [5.41, 5.74) is 1.04. The van der Waals surface area contributed by atoms with Crippen LogP contribution in [0.25, 0.3) is 0 Å². The second-order valence-electron chi connectivity index (χ2n) is 4.44. The van der Waals surface area contributed by atoms with E-state index in [0.29, 0.717) is 6.54 Å². The summed E-state index contributed by atoms with van der Waals surface area (Å²) in [6.45, 7) is 2.95. The zero-order chi connectivity index (χ0) is 13.4. The van der Waals surface area contributed by atoms with E-state index in [9.17, 15) is 8.42 Å². The normalized spacial score (nSPS) is 11.9. The van der Waals surface area contributed by atoms with Gasteiger partial charge in [0.25, 0.3) is 0 Å². The van der Waals surface area contributed by atoms with Gasteiger partial charge in [-0.15, -0.1) is 0 Å². The highest BCUT2D eigenvalue weighted by atomic mass is 32.2. The minimum atomic E-state index is -2.86. The largest absolute Gasteiger partial charge is 0.314 e. The molecule has 0 saturated carbocycles. The first-order valence-corrected chi connectivity index (χ1v) is 8.00. The third kappa shape index (κ3) is 7.37. The number of rotatable bonds is 8. The van der Waals surface area contributed by atoms with E-state index >= 15 is 0 Å². The van der Waals surface area contributed by atoms with Crippen LogP contribution in [0.2, 0.25) is 0 Å². The van der Waals surface area contributed by atoms with E-state index in [4.69, 9.17) is 0 Å². The third-order valence-corrected chi connectivity index (χ3v) is 3.42. The minimum Gasteiger partial charge on any atom is -0.314 e. The number of hydrogen-bond acceptors (Lipinski definition) is 5. The van der Waals surface area contributed by atoms with Crippen LogP contribution in [0.4, 0.5) is 0 Å². The molecule has 1 N–H and O–H groups in total. The summed E-state index contributed by atoms with van der Waals surface area (Å²) >= 11 is 0. The van der Waals surface area contributed by atoms with Crippen molar-refractivity contribution >= 4 is 9.84 Å². The molecule has 0 atom stereocenters. The summed E-state index contributed by atoms with van der Waals surface area (Å²) in [7, 11) is -0.839. The lowest BCUT2D eigenvalue weighted by molar-refractivity contribution is 0.322. The first-order valence-electron chi connectivity index (χ1n) is 5.94. The zero-order valence-corrected chi connectivity index (χ0v) is 11.8. The Morgan fingerprint density at radius 1 is 1.33 bits per heavy atom. The van der Waals surface area contributed by atoms with Crippen molar-refractivity contribution in [3.63, 3.8) is 0 Å². The third-order valence-electron chi connectivity index (χ3n) is 2.48. The quantitative estimate of drug-likeness (QED) is 0.682. The monoisotopic (exact) mass is 271 g/mol. The Kier molecular flexibility index (Phi) is 6.24. The Bertz CT molecular complexity index is 434. The number of nitrogens with one attached hydrogen (secondary N) is 1. The molecule has 0 fully saturated rings. The number of nitrogens with zero attached hydrogens (tertiary/aromatic N) is 2. The maximum absolute atomic E-state index is 10.9. The lowest BCUT2D eigenvalue weighted by Crippen LogP contribution is -2.31. The highest BCUT2D eigenvalue weighted by molar-refractivity contribution is 7.90. The van der Waals surface area contributed by atoms with Crippen molar-refractivity contribution in [3.8, 4) is 0 Å². The first kappa shape index (κ1) is 15.1. The number of sulfone groups is 1. The molecule has 0 aliphatic carbocycles. The van der Waals surface area contributed by atoms with Crippen molar-refractivity contribution < 1.29 is 8.42 Å². The molecule has 1 aromatic heterocycles. The van der Waals surface area contributed by atoms with Crippen LogP contribution < -0.4 is 5.32 Å². The molecule has 0 spiro atoms. The Morgan fingerprint density at radius 2 is 2.11 bits per heavy atom. The number of aromatic nitrogens is 1. The van der Waals surface area contributed by atoms with E-state index in [1.54, 1.807) is 6.20 Å². The SMILES string of the molecule is CN(CCNCCS(C)(=O)=O)Cc1ccccn1. The van der Waals surface area contributed by atoms with Gasteiger partial charge < -0.3 is 5.32 Å². The van der Waals surface area contributed by atoms with Crippen molar-refractivity contribution in [2.45, 2.75) is 6.54 Å². The van der Waals surface area contributed by atoms with Crippen LogP contribution in [-0.2, 0) is 16.4 Å². The summed E-state index contributed by atoms with van der Waals surface area (Å²) in [5, 5.41) is 3.12. The topological polar surface area (TPSA) is 62.3 Å². The Hall–Kier alpha value is -0.980. The van der Waals surface area contributed by atoms with E-state index in [1.165, 1.54) is 6.26 Å². The van der Waals surface area contributed by atoms with Crippen LogP contribution in [0.15, 0.2) is 24.4 Å². The molecule has 5 nitrogen and oxygen atoms in total. The van der Waals surface area contributed by atoms with E-state index in [1.807, 2.05) is 25.2 Å². The van der Waals surface area contributed by atoms with E-state index < -0.39 is 9.84 Å². The maximum Gasteiger partial charge on any atom is 0.148 e. The van der Waals surface area contributed by atoms with Crippen molar-refractivity contribution in [1.29, 1.82) is 0 Å². The summed E-state index contributed by atoms with van der Waals surface area (Å²) < 4.78 is 21.8. The zero-order valence-electron chi connectivity index (χ0n) is 11.0. The summed E-state index contributed by atoms with van der Waals surface area (Å²) in [6, 6.07) is 5.87. The predicted octanol–water partition coefficient (Wildman–Crippen LogP) is 0.148. The minimum absolute atomic E-state index is 0.191. The molecular weight excluding hydrogens is 250 g/mol. The van der Waals surface area contributed by atoms with Crippen LogP contribution in [0.1, 0.15) is 5.69 Å². The fraction of sp³-hybridized carbons (Fsp3) is 0.583. The standard InChI is InChI=1S/C12H21N3O2S/c1-15(11-12-5-3-4-6-14-12)9-7-13-8-10-18(2,16)17/h3-6,13H,7-11H2,1-2H3. The van der Waals surface area contributed by atoms with Crippen molar-refractivity contribution in [2.75, 3.05) is 38.7 Å². The Balaban J connectivity index is 2.12. The maximum atomic E-state index is 10.9. The summed E-state index contributed by atoms with van der Waals surface area (Å²) in [4.78, 5) is 6.40.